The van der Waals surface area contributed by atoms with Crippen LogP contribution in [0.5, 0.6) is 0 Å². The van der Waals surface area contributed by atoms with Gasteiger partial charge in [0.25, 0.3) is 0 Å². The van der Waals surface area contributed by atoms with Gasteiger partial charge in [0.15, 0.2) is 17.5 Å². The number of aromatic nitrogens is 9. The van der Waals surface area contributed by atoms with Gasteiger partial charge in [-0.1, -0.05) is 133 Å². The average Bonchev–Trinajstić information content (AvgIpc) is 4.06. The Morgan fingerprint density at radius 3 is 1.59 bits per heavy atom. The molecule has 0 saturated heterocycles. The molecule has 0 radical (unpaired) electrons. The van der Waals surface area contributed by atoms with E-state index in [-0.39, 0.29) is 0 Å². The third kappa shape index (κ3) is 6.25. The van der Waals surface area contributed by atoms with Gasteiger partial charge in [-0.2, -0.15) is 9.97 Å². The largest absolute Gasteiger partial charge is 0.309 e. The second-order valence-electron chi connectivity index (χ2n) is 17.2. The Kier molecular flexibility index (Phi) is 8.68. The fraction of sp³-hybridized carbons (Fsp3) is 0. The molecule has 0 amide bonds. The van der Waals surface area contributed by atoms with E-state index in [1.807, 2.05) is 85.3 Å². The fourth-order valence-electron chi connectivity index (χ4n) is 10.1. The second-order valence-corrected chi connectivity index (χ2v) is 17.2. The zero-order chi connectivity index (χ0) is 45.4. The van der Waals surface area contributed by atoms with E-state index >= 15 is 0 Å². The van der Waals surface area contributed by atoms with Crippen LogP contribution >= 0.6 is 0 Å². The Hall–Kier alpha value is -9.60. The predicted octanol–water partition coefficient (Wildman–Crippen LogP) is 14.0. The van der Waals surface area contributed by atoms with Gasteiger partial charge < -0.3 is 9.13 Å². The maximum atomic E-state index is 5.25. The molecule has 0 N–H and O–H groups in total. The van der Waals surface area contributed by atoms with E-state index in [0.717, 1.165) is 94.0 Å². The molecule has 14 aromatic rings. The first kappa shape index (κ1) is 38.6. The Labute approximate surface area is 394 Å². The van der Waals surface area contributed by atoms with E-state index in [9.17, 15) is 0 Å². The third-order valence-electron chi connectivity index (χ3n) is 13.3. The minimum absolute atomic E-state index is 0.532. The van der Waals surface area contributed by atoms with Crippen molar-refractivity contribution in [2.75, 3.05) is 0 Å². The van der Waals surface area contributed by atoms with Gasteiger partial charge in [0.05, 0.1) is 45.0 Å². The van der Waals surface area contributed by atoms with Crippen molar-refractivity contribution in [3.63, 3.8) is 0 Å². The van der Waals surface area contributed by atoms with Crippen molar-refractivity contribution < 1.29 is 0 Å². The first-order valence-corrected chi connectivity index (χ1v) is 22.9. The summed E-state index contributed by atoms with van der Waals surface area (Å²) in [7, 11) is 0. The molecule has 0 aliphatic carbocycles. The first-order chi connectivity index (χ1) is 34.2. The lowest BCUT2D eigenvalue weighted by atomic mass is 10.1. The van der Waals surface area contributed by atoms with Crippen LogP contribution in [0.25, 0.3) is 128 Å². The monoisotopic (exact) mass is 883 g/mol. The van der Waals surface area contributed by atoms with E-state index in [1.165, 1.54) is 10.8 Å². The summed E-state index contributed by atoms with van der Waals surface area (Å²) in [6, 6.07) is 71.6. The van der Waals surface area contributed by atoms with Crippen LogP contribution in [0.4, 0.5) is 0 Å². The van der Waals surface area contributed by atoms with Crippen molar-refractivity contribution >= 4 is 65.4 Å². The van der Waals surface area contributed by atoms with Gasteiger partial charge in [-0.25, -0.2) is 15.0 Å². The van der Waals surface area contributed by atoms with Gasteiger partial charge in [0.2, 0.25) is 5.95 Å². The zero-order valence-electron chi connectivity index (χ0n) is 36.9. The molecule has 69 heavy (non-hydrogen) atoms. The summed E-state index contributed by atoms with van der Waals surface area (Å²) in [4.78, 5) is 29.9. The molecule has 6 heterocycles. The van der Waals surface area contributed by atoms with E-state index in [1.54, 1.807) is 0 Å². The third-order valence-corrected chi connectivity index (χ3v) is 13.3. The van der Waals surface area contributed by atoms with Crippen LogP contribution < -0.4 is 0 Å². The molecule has 8 aromatic carbocycles. The molecule has 0 bridgehead atoms. The molecule has 0 saturated carbocycles. The molecule has 0 aliphatic rings. The van der Waals surface area contributed by atoms with Crippen LogP contribution in [0.2, 0.25) is 0 Å². The Bertz CT molecular complexity index is 4250. The normalized spacial score (nSPS) is 11.8. The fourth-order valence-corrected chi connectivity index (χ4v) is 10.1. The van der Waals surface area contributed by atoms with Crippen molar-refractivity contribution in [2.45, 2.75) is 0 Å². The van der Waals surface area contributed by atoms with Crippen LogP contribution in [-0.2, 0) is 0 Å². The average molecular weight is 884 g/mol. The van der Waals surface area contributed by atoms with Gasteiger partial charge in [-0.05, 0) is 72.8 Å². The minimum Gasteiger partial charge on any atom is -0.309 e. The predicted molar refractivity (Wildman–Crippen MR) is 278 cm³/mol. The molecule has 14 rings (SSSR count). The molecule has 9 nitrogen and oxygen atoms in total. The first-order valence-electron chi connectivity index (χ1n) is 22.9. The number of nitrogens with zero attached hydrogens (tertiary/aromatic N) is 9. The van der Waals surface area contributed by atoms with Crippen molar-refractivity contribution in [3.8, 4) is 62.7 Å². The highest BCUT2D eigenvalue weighted by Gasteiger charge is 2.21. The molecular formula is C60H37N9. The number of benzene rings is 8. The summed E-state index contributed by atoms with van der Waals surface area (Å²) in [5, 5.41) is 6.82. The maximum Gasteiger partial charge on any atom is 0.238 e. The summed E-state index contributed by atoms with van der Waals surface area (Å²) in [5.74, 6) is 2.36. The van der Waals surface area contributed by atoms with Crippen LogP contribution in [0.3, 0.4) is 0 Å². The second kappa shape index (κ2) is 15.5. The zero-order valence-corrected chi connectivity index (χ0v) is 36.9. The molecule has 0 unspecified atom stereocenters. The van der Waals surface area contributed by atoms with Crippen LogP contribution in [-0.4, -0.2) is 43.6 Å². The van der Waals surface area contributed by atoms with Gasteiger partial charge in [0, 0.05) is 78.3 Å². The molecule has 0 fully saturated rings. The summed E-state index contributed by atoms with van der Waals surface area (Å²) < 4.78 is 6.81. The summed E-state index contributed by atoms with van der Waals surface area (Å²) >= 11 is 0. The van der Waals surface area contributed by atoms with Crippen molar-refractivity contribution in [1.29, 1.82) is 0 Å². The number of para-hydroxylation sites is 3. The van der Waals surface area contributed by atoms with E-state index in [4.69, 9.17) is 24.9 Å². The Balaban J connectivity index is 0.889. The van der Waals surface area contributed by atoms with Crippen LogP contribution in [0.15, 0.2) is 225 Å². The number of rotatable bonds is 7. The number of hydrogen-bond acceptors (Lipinski definition) is 6. The number of fused-ring (bicyclic) bond motifs is 9. The highest BCUT2D eigenvalue weighted by atomic mass is 15.2. The van der Waals surface area contributed by atoms with E-state index in [0.29, 0.717) is 23.4 Å². The van der Waals surface area contributed by atoms with Crippen molar-refractivity contribution in [1.82, 2.24) is 43.6 Å². The number of pyridine rings is 1. The minimum atomic E-state index is 0.532. The maximum absolute atomic E-state index is 5.25. The topological polar surface area (TPSA) is 92.1 Å². The highest BCUT2D eigenvalue weighted by molar-refractivity contribution is 6.13. The summed E-state index contributed by atoms with van der Waals surface area (Å²) in [6.45, 7) is 0. The smallest absolute Gasteiger partial charge is 0.238 e. The SMILES string of the molecule is c1ccc(-c2nc(-c3ccccc3)nc(-n3c4ccccc4c4ccc(-c5nccc(-c6ccc7c(c6)c6ccccc6n7-c6ccc7c(c6)c6ccncc6n7-c6ccccc6)n5)cc43)n2)cc1. The molecule has 322 valence electrons. The highest BCUT2D eigenvalue weighted by Crippen LogP contribution is 2.39. The molecule has 0 spiro atoms. The molecule has 0 aliphatic heterocycles. The Morgan fingerprint density at radius 2 is 0.855 bits per heavy atom. The van der Waals surface area contributed by atoms with Gasteiger partial charge in [-0.3, -0.25) is 9.55 Å². The molecule has 9 heteroatoms. The van der Waals surface area contributed by atoms with Crippen molar-refractivity contribution in [3.05, 3.63) is 225 Å². The standard InChI is InChI=1S/C60H37N9/c1-4-14-38(15-5-1)58-64-59(39-16-6-2-7-17-39)66-60(65-58)69-52-23-13-10-20-44(52)46-27-24-41(35-55(46)69)57-62-33-31-50(63-57)40-25-28-53-48(34-40)45-21-11-12-22-51(45)68(53)43-26-29-54-49(36-43)47-30-32-61-37-56(47)67(54)42-18-8-3-9-19-42/h1-37H. The van der Waals surface area contributed by atoms with Gasteiger partial charge >= 0.3 is 0 Å². The lowest BCUT2D eigenvalue weighted by Gasteiger charge is -2.11. The van der Waals surface area contributed by atoms with Crippen LogP contribution in [0, 0.1) is 0 Å². The van der Waals surface area contributed by atoms with Crippen LogP contribution in [0.1, 0.15) is 0 Å². The summed E-state index contributed by atoms with van der Waals surface area (Å²) in [6.07, 6.45) is 5.69. The molecule has 0 atom stereocenters. The summed E-state index contributed by atoms with van der Waals surface area (Å²) in [5.41, 5.74) is 13.1. The van der Waals surface area contributed by atoms with E-state index < -0.39 is 0 Å². The Morgan fingerprint density at radius 1 is 0.290 bits per heavy atom. The van der Waals surface area contributed by atoms with E-state index in [2.05, 4.69) is 158 Å². The molecular weight excluding hydrogens is 847 g/mol. The molecule has 6 aromatic heterocycles. The number of hydrogen-bond donors (Lipinski definition) is 0. The quantitative estimate of drug-likeness (QED) is 0.158. The lowest BCUT2D eigenvalue weighted by molar-refractivity contribution is 0.953. The lowest BCUT2D eigenvalue weighted by Crippen LogP contribution is -2.06. The van der Waals surface area contributed by atoms with Gasteiger partial charge in [0.1, 0.15) is 0 Å². The van der Waals surface area contributed by atoms with Gasteiger partial charge in [-0.15, -0.1) is 0 Å². The van der Waals surface area contributed by atoms with Crippen molar-refractivity contribution in [2.24, 2.45) is 0 Å².